The lowest BCUT2D eigenvalue weighted by Crippen LogP contribution is -2.39. The first-order chi connectivity index (χ1) is 62.9. The van der Waals surface area contributed by atoms with Gasteiger partial charge in [0.2, 0.25) is 0 Å². The summed E-state index contributed by atoms with van der Waals surface area (Å²) in [6.45, 7) is 5.08. The minimum Gasteiger partial charge on any atom is -0.497 e. The van der Waals surface area contributed by atoms with Gasteiger partial charge in [-0.2, -0.15) is 8.42 Å². The van der Waals surface area contributed by atoms with Crippen LogP contribution < -0.4 is 13.7 Å². The Bertz CT molecular complexity index is 8320. The van der Waals surface area contributed by atoms with Crippen LogP contribution in [0.3, 0.4) is 0 Å². The van der Waals surface area contributed by atoms with Crippen molar-refractivity contribution in [1.82, 2.24) is 9.88 Å². The van der Waals surface area contributed by atoms with Crippen molar-refractivity contribution >= 4 is 21.0 Å². The Kier molecular flexibility index (Phi) is 49.1. The van der Waals surface area contributed by atoms with E-state index in [1.165, 1.54) is 35.9 Å². The predicted molar refractivity (Wildman–Crippen MR) is 494 cm³/mol. The van der Waals surface area contributed by atoms with Gasteiger partial charge in [-0.25, -0.2) is 0 Å². The summed E-state index contributed by atoms with van der Waals surface area (Å²) in [6.07, 6.45) is 1.65. The van der Waals surface area contributed by atoms with Gasteiger partial charge < -0.3 is 18.6 Å². The zero-order chi connectivity index (χ0) is 89.8. The second-order valence-corrected chi connectivity index (χ2v) is 22.0. The normalized spacial score (nSPS) is 7.67. The predicted octanol–water partition coefficient (Wildman–Crippen LogP) is 5.79. The monoisotopic (exact) mass is 1600 g/mol. The van der Waals surface area contributed by atoms with Crippen molar-refractivity contribution < 1.29 is 22.1 Å². The van der Waals surface area contributed by atoms with Crippen molar-refractivity contribution in [3.8, 4) is 550 Å². The number of hydrogen-bond acceptors (Lipinski definition) is 6. The first kappa shape index (κ1) is 94.3. The molecule has 1 atom stereocenters. The maximum Gasteiger partial charge on any atom is 0.339 e. The van der Waals surface area contributed by atoms with Crippen molar-refractivity contribution in [3.05, 3.63) is 83.0 Å². The standard InChI is InChI=1S/C92H6.C27H26N2O5S/c1-3-5-7-9-11-13-15-17-19-21-23-25-27-29-31-33-35-37-39-41-43-45-47-49-51-53-55-57-59-61-63-65-67-69-71-73-75-77-79-81-83-85-87-89-91-92-90-88-86-84-82-80-78-76-74-72-70-68-66-64-62-60-58-56-54-52-50-48-46-44-42-40-38-36-34-32-30-28-26-24-22-20-18-16-14-12-10-8-6-4-2;1-32-18-8-9-23-21(13-18)22-14-25-20-15-26(33-2)27(34-35(30,31)19-6-4-3-5-7-19)12-17(20)10-11-29(25)16-24(22)28-23/h1-2H3;3-9,12-13,15,25,28H,10-11,14,16H2,1-2H3. The van der Waals surface area contributed by atoms with Gasteiger partial charge in [-0.3, -0.25) is 4.90 Å². The molecular weight excluding hydrogens is 1570 g/mol. The van der Waals surface area contributed by atoms with Gasteiger partial charge in [0.15, 0.2) is 11.5 Å². The van der Waals surface area contributed by atoms with E-state index in [4.69, 9.17) is 13.7 Å². The molecule has 554 valence electrons. The number of aromatic amines is 1. The molecule has 2 aliphatic rings. The molecule has 1 unspecified atom stereocenters. The van der Waals surface area contributed by atoms with Crippen molar-refractivity contribution in [2.75, 3.05) is 20.8 Å². The smallest absolute Gasteiger partial charge is 0.339 e. The minimum atomic E-state index is -3.97. The molecule has 3 heterocycles. The number of aromatic nitrogens is 1. The maximum atomic E-state index is 12.9. The molecule has 0 bridgehead atoms. The highest BCUT2D eigenvalue weighted by atomic mass is 32.2. The van der Waals surface area contributed by atoms with Crippen LogP contribution in [-0.4, -0.2) is 39.1 Å². The summed E-state index contributed by atoms with van der Waals surface area (Å²) in [7, 11) is -0.745. The number of rotatable bonds is 5. The molecule has 0 radical (unpaired) electrons. The first-order valence-electron chi connectivity index (χ1n) is 34.8. The third-order valence-corrected chi connectivity index (χ3v) is 14.0. The molecule has 8 heteroatoms. The van der Waals surface area contributed by atoms with Crippen LogP contribution in [0.15, 0.2) is 65.6 Å². The molecule has 3 aromatic carbocycles. The van der Waals surface area contributed by atoms with Crippen LogP contribution in [0.2, 0.25) is 0 Å². The summed E-state index contributed by atoms with van der Waals surface area (Å²) in [5.41, 5.74) is 5.91. The van der Waals surface area contributed by atoms with Crippen molar-refractivity contribution in [3.63, 3.8) is 0 Å². The third kappa shape index (κ3) is 45.9. The topological polar surface area (TPSA) is 80.9 Å². The second kappa shape index (κ2) is 66.2. The van der Waals surface area contributed by atoms with E-state index in [0.717, 1.165) is 48.3 Å². The molecule has 0 spiro atoms. The maximum absolute atomic E-state index is 12.9. The molecule has 0 saturated carbocycles. The minimum absolute atomic E-state index is 0.112. The highest BCUT2D eigenvalue weighted by molar-refractivity contribution is 7.87. The van der Waals surface area contributed by atoms with E-state index >= 15 is 0 Å². The molecule has 1 aromatic heterocycles. The Balaban J connectivity index is 0.000000663. The molecule has 4 aromatic rings. The molecule has 0 amide bonds. The Morgan fingerprint density at radius 1 is 0.299 bits per heavy atom. The molecule has 1 N–H and O–H groups in total. The Hall–Kier alpha value is -23.3. The summed E-state index contributed by atoms with van der Waals surface area (Å²) < 4.78 is 42.3. The molecule has 127 heavy (non-hydrogen) atoms. The fourth-order valence-electron chi connectivity index (χ4n) is 8.15. The molecule has 7 nitrogen and oxygen atoms in total. The quantitative estimate of drug-likeness (QED) is 0.202. The first-order valence-corrected chi connectivity index (χ1v) is 36.2. The number of nitrogens with zero attached hydrogens (tertiary/aromatic N) is 1. The van der Waals surface area contributed by atoms with E-state index in [-0.39, 0.29) is 16.7 Å². The Labute approximate surface area is 745 Å². The zero-order valence-corrected chi connectivity index (χ0v) is 67.4. The van der Waals surface area contributed by atoms with Crippen LogP contribution in [0.5, 0.6) is 17.2 Å². The second-order valence-electron chi connectivity index (χ2n) is 20.5. The molecule has 0 fully saturated rings. The van der Waals surface area contributed by atoms with Crippen molar-refractivity contribution in [2.24, 2.45) is 0 Å². The van der Waals surface area contributed by atoms with E-state index in [2.05, 4.69) is 555 Å². The van der Waals surface area contributed by atoms with E-state index in [0.29, 0.717) is 5.75 Å². The molecular formula is C119H32N2O5S. The number of ether oxygens (including phenoxy) is 2. The van der Waals surface area contributed by atoms with E-state index in [9.17, 15) is 8.42 Å². The van der Waals surface area contributed by atoms with Gasteiger partial charge in [0.05, 0.1) is 14.2 Å². The highest BCUT2D eigenvalue weighted by Crippen LogP contribution is 2.44. The van der Waals surface area contributed by atoms with E-state index in [1.54, 1.807) is 39.2 Å². The third-order valence-electron chi connectivity index (χ3n) is 12.8. The van der Waals surface area contributed by atoms with Crippen LogP contribution in [-0.2, 0) is 29.5 Å². The fraction of sp³-hybridized carbons (Fsp3) is 0.0756. The van der Waals surface area contributed by atoms with Gasteiger partial charge in [0.25, 0.3) is 0 Å². The zero-order valence-electron chi connectivity index (χ0n) is 66.6. The Morgan fingerprint density at radius 3 is 0.787 bits per heavy atom. The molecule has 2 aliphatic heterocycles. The lowest BCUT2D eigenvalue weighted by atomic mass is 9.85. The van der Waals surface area contributed by atoms with Crippen LogP contribution in [0.4, 0.5) is 0 Å². The summed E-state index contributed by atoms with van der Waals surface area (Å²) in [5.74, 6) is 227. The van der Waals surface area contributed by atoms with Gasteiger partial charge in [0, 0.05) is 462 Å². The number of nitrogens with one attached hydrogen (secondary N) is 1. The number of benzene rings is 3. The van der Waals surface area contributed by atoms with Crippen LogP contribution in [0.25, 0.3) is 10.9 Å². The largest absolute Gasteiger partial charge is 0.497 e. The molecule has 6 rings (SSSR count). The van der Waals surface area contributed by atoms with E-state index in [1.807, 2.05) is 18.2 Å². The van der Waals surface area contributed by atoms with Gasteiger partial charge in [-0.1, -0.05) is 30.0 Å². The van der Waals surface area contributed by atoms with Crippen LogP contribution >= 0.6 is 0 Å². The van der Waals surface area contributed by atoms with Crippen LogP contribution in [0, 0.1) is 533 Å². The average molecular weight is 1600 g/mol. The SMILES string of the molecule is CC#CC#CC#CC#CC#CC#CC#CC#CC#CC#CC#CC#CC#CC#CC#CC#CC#CC#CC#CC#CC#CC#CC#CC#CC#CC#CC#CC#CC#CC#CC#CC#CC#CC#CC#CC#CC#CC#CC#CC#CC#CC#CC#CC#CC#CC.COc1ccc2[nH]c3c(c2c1)CC1c2cc(OC)c(OS(=O)(=O)c4ccccc4)cc2CCN1C3. The van der Waals surface area contributed by atoms with Gasteiger partial charge in [-0.05, 0) is 181 Å². The Morgan fingerprint density at radius 2 is 0.551 bits per heavy atom. The van der Waals surface area contributed by atoms with E-state index < -0.39 is 10.1 Å². The molecule has 0 aliphatic carbocycles. The lowest BCUT2D eigenvalue weighted by Gasteiger charge is -2.40. The molecule has 0 saturated heterocycles. The highest BCUT2D eigenvalue weighted by Gasteiger charge is 2.35. The van der Waals surface area contributed by atoms with Gasteiger partial charge in [-0.15, -0.1) is 0 Å². The summed E-state index contributed by atoms with van der Waals surface area (Å²) >= 11 is 0. The van der Waals surface area contributed by atoms with Crippen molar-refractivity contribution in [1.29, 1.82) is 0 Å². The fourth-order valence-corrected chi connectivity index (χ4v) is 9.11. The summed E-state index contributed by atoms with van der Waals surface area (Å²) in [6, 6.07) is 18.2. The van der Waals surface area contributed by atoms with Gasteiger partial charge in [0.1, 0.15) is 10.6 Å². The number of fused-ring (bicyclic) bond motifs is 6. The van der Waals surface area contributed by atoms with Crippen LogP contribution in [0.1, 0.15) is 42.3 Å². The average Bonchev–Trinajstić information content (AvgIpc) is 1.71. The summed E-state index contributed by atoms with van der Waals surface area (Å²) in [4.78, 5) is 6.17. The van der Waals surface area contributed by atoms with Crippen molar-refractivity contribution in [2.45, 2.75) is 44.2 Å². The van der Waals surface area contributed by atoms with Gasteiger partial charge >= 0.3 is 10.1 Å². The number of methoxy groups -OCH3 is 2. The number of H-pyrrole nitrogens is 1. The summed E-state index contributed by atoms with van der Waals surface area (Å²) in [5, 5.41) is 1.19. The lowest BCUT2D eigenvalue weighted by molar-refractivity contribution is 0.159. The number of hydrogen-bond donors (Lipinski definition) is 1.